The largest absolute Gasteiger partial charge is 0.478 e. The number of aryl methyl sites for hydroxylation is 1. The number of aromatic nitrogens is 1. The van der Waals surface area contributed by atoms with Crippen LogP contribution in [0.25, 0.3) is 0 Å². The molecule has 5 nitrogen and oxygen atoms in total. The molecule has 0 radical (unpaired) electrons. The Bertz CT molecular complexity index is 428. The van der Waals surface area contributed by atoms with E-state index in [-0.39, 0.29) is 5.56 Å². The zero-order valence-corrected chi connectivity index (χ0v) is 10.5. The molecule has 1 fully saturated rings. The van der Waals surface area contributed by atoms with Crippen LogP contribution in [0.4, 0.5) is 5.82 Å². The first-order chi connectivity index (χ1) is 8.65. The molecular weight excluding hydrogens is 232 g/mol. The van der Waals surface area contributed by atoms with Crippen molar-refractivity contribution in [3.05, 3.63) is 23.4 Å². The van der Waals surface area contributed by atoms with Crippen LogP contribution in [0, 0.1) is 12.8 Å². The summed E-state index contributed by atoms with van der Waals surface area (Å²) in [6.07, 6.45) is 2.14. The third-order valence-corrected chi connectivity index (χ3v) is 3.08. The van der Waals surface area contributed by atoms with E-state index in [1.54, 1.807) is 19.1 Å². The number of carboxylic acid groups (broad SMARTS) is 1. The third kappa shape index (κ3) is 3.43. The lowest BCUT2D eigenvalue weighted by Crippen LogP contribution is -2.11. The van der Waals surface area contributed by atoms with Crippen LogP contribution < -0.4 is 5.32 Å². The van der Waals surface area contributed by atoms with Crippen LogP contribution in [0.3, 0.4) is 0 Å². The Hall–Kier alpha value is -1.62. The molecule has 0 aromatic carbocycles. The zero-order chi connectivity index (χ0) is 13.0. The van der Waals surface area contributed by atoms with Gasteiger partial charge in [-0.15, -0.1) is 0 Å². The normalized spacial score (nSPS) is 18.8. The van der Waals surface area contributed by atoms with Gasteiger partial charge >= 0.3 is 5.97 Å². The molecule has 0 saturated carbocycles. The van der Waals surface area contributed by atoms with Gasteiger partial charge < -0.3 is 15.2 Å². The van der Waals surface area contributed by atoms with Crippen molar-refractivity contribution in [2.75, 3.05) is 25.1 Å². The lowest BCUT2D eigenvalue weighted by atomic mass is 10.1. The maximum absolute atomic E-state index is 10.9. The average Bonchev–Trinajstić information content (AvgIpc) is 2.81. The van der Waals surface area contributed by atoms with Crippen molar-refractivity contribution in [3.63, 3.8) is 0 Å². The summed E-state index contributed by atoms with van der Waals surface area (Å²) in [7, 11) is 0. The Kier molecular flexibility index (Phi) is 4.15. The molecule has 1 atom stereocenters. The van der Waals surface area contributed by atoms with Crippen molar-refractivity contribution in [1.29, 1.82) is 0 Å². The van der Waals surface area contributed by atoms with Crippen molar-refractivity contribution in [3.8, 4) is 0 Å². The lowest BCUT2D eigenvalue weighted by Gasteiger charge is -2.10. The monoisotopic (exact) mass is 250 g/mol. The summed E-state index contributed by atoms with van der Waals surface area (Å²) in [5.41, 5.74) is 0.982. The van der Waals surface area contributed by atoms with Crippen LogP contribution in [0.1, 0.15) is 28.9 Å². The van der Waals surface area contributed by atoms with Crippen LogP contribution in [0.15, 0.2) is 12.1 Å². The first-order valence-corrected chi connectivity index (χ1v) is 6.19. The number of ether oxygens (including phenoxy) is 1. The van der Waals surface area contributed by atoms with Gasteiger partial charge in [-0.1, -0.05) is 0 Å². The number of hydrogen-bond donors (Lipinski definition) is 2. The summed E-state index contributed by atoms with van der Waals surface area (Å²) >= 11 is 0. The van der Waals surface area contributed by atoms with Crippen molar-refractivity contribution in [2.45, 2.75) is 19.8 Å². The smallest absolute Gasteiger partial charge is 0.335 e. The molecule has 2 heterocycles. The summed E-state index contributed by atoms with van der Waals surface area (Å²) in [6.45, 7) is 4.28. The average molecular weight is 250 g/mol. The van der Waals surface area contributed by atoms with E-state index in [1.807, 2.05) is 0 Å². The van der Waals surface area contributed by atoms with Gasteiger partial charge in [0, 0.05) is 25.5 Å². The molecule has 18 heavy (non-hydrogen) atoms. The Morgan fingerprint density at radius 2 is 2.44 bits per heavy atom. The highest BCUT2D eigenvalue weighted by Crippen LogP contribution is 2.16. The van der Waals surface area contributed by atoms with Gasteiger partial charge in [-0.2, -0.15) is 0 Å². The van der Waals surface area contributed by atoms with Gasteiger partial charge in [-0.05, 0) is 37.8 Å². The van der Waals surface area contributed by atoms with Gasteiger partial charge in [-0.25, -0.2) is 9.78 Å². The maximum Gasteiger partial charge on any atom is 0.335 e. The second kappa shape index (κ2) is 5.82. The molecule has 1 aliphatic heterocycles. The molecule has 1 aromatic heterocycles. The summed E-state index contributed by atoms with van der Waals surface area (Å²) in [6, 6.07) is 3.14. The van der Waals surface area contributed by atoms with E-state index in [1.165, 1.54) is 0 Å². The predicted molar refractivity (Wildman–Crippen MR) is 68.0 cm³/mol. The van der Waals surface area contributed by atoms with Gasteiger partial charge in [0.15, 0.2) is 0 Å². The van der Waals surface area contributed by atoms with Crippen molar-refractivity contribution in [2.24, 2.45) is 5.92 Å². The molecule has 98 valence electrons. The minimum atomic E-state index is -0.923. The predicted octanol–water partition coefficient (Wildman–Crippen LogP) is 1.93. The topological polar surface area (TPSA) is 71.5 Å². The van der Waals surface area contributed by atoms with Crippen molar-refractivity contribution >= 4 is 11.8 Å². The highest BCUT2D eigenvalue weighted by atomic mass is 16.5. The molecule has 0 amide bonds. The van der Waals surface area contributed by atoms with E-state index in [2.05, 4.69) is 10.3 Å². The number of rotatable bonds is 5. The number of carboxylic acids is 1. The van der Waals surface area contributed by atoms with Gasteiger partial charge in [0.25, 0.3) is 0 Å². The van der Waals surface area contributed by atoms with E-state index in [0.717, 1.165) is 32.6 Å². The molecule has 0 bridgehead atoms. The van der Waals surface area contributed by atoms with E-state index in [4.69, 9.17) is 9.84 Å². The quantitative estimate of drug-likeness (QED) is 0.835. The lowest BCUT2D eigenvalue weighted by molar-refractivity contribution is 0.0696. The molecule has 1 unspecified atom stereocenters. The van der Waals surface area contributed by atoms with Gasteiger partial charge in [0.05, 0.1) is 5.56 Å². The standard InChI is InChI=1S/C13H18N2O3/c1-9-6-11(13(16)17)7-12(15-9)14-4-2-10-3-5-18-8-10/h6-7,10H,2-5,8H2,1H3,(H,14,15)(H,16,17). The van der Waals surface area contributed by atoms with E-state index >= 15 is 0 Å². The number of pyridine rings is 1. The Morgan fingerprint density at radius 1 is 1.61 bits per heavy atom. The fraction of sp³-hybridized carbons (Fsp3) is 0.538. The first kappa shape index (κ1) is 12.8. The summed E-state index contributed by atoms with van der Waals surface area (Å²) in [5.74, 6) is 0.320. The second-order valence-corrected chi connectivity index (χ2v) is 4.63. The highest BCUT2D eigenvalue weighted by Gasteiger charge is 2.15. The van der Waals surface area contributed by atoms with E-state index in [9.17, 15) is 4.79 Å². The Balaban J connectivity index is 1.89. The maximum atomic E-state index is 10.9. The summed E-state index contributed by atoms with van der Waals surface area (Å²) < 4.78 is 5.31. The van der Waals surface area contributed by atoms with Crippen LogP contribution in [0.2, 0.25) is 0 Å². The number of carbonyl (C=O) groups is 1. The SMILES string of the molecule is Cc1cc(C(=O)O)cc(NCCC2CCOC2)n1. The third-order valence-electron chi connectivity index (χ3n) is 3.08. The molecule has 5 heteroatoms. The molecule has 1 saturated heterocycles. The number of aromatic carboxylic acids is 1. The number of nitrogens with zero attached hydrogens (tertiary/aromatic N) is 1. The zero-order valence-electron chi connectivity index (χ0n) is 10.5. The fourth-order valence-corrected chi connectivity index (χ4v) is 2.10. The molecule has 1 aromatic rings. The van der Waals surface area contributed by atoms with E-state index in [0.29, 0.717) is 17.4 Å². The number of hydrogen-bond acceptors (Lipinski definition) is 4. The van der Waals surface area contributed by atoms with Crippen molar-refractivity contribution < 1.29 is 14.6 Å². The second-order valence-electron chi connectivity index (χ2n) is 4.63. The summed E-state index contributed by atoms with van der Waals surface area (Å²) in [4.78, 5) is 15.2. The Morgan fingerprint density at radius 3 is 3.11 bits per heavy atom. The minimum Gasteiger partial charge on any atom is -0.478 e. The fourth-order valence-electron chi connectivity index (χ4n) is 2.10. The van der Waals surface area contributed by atoms with Crippen LogP contribution in [-0.4, -0.2) is 35.8 Å². The molecule has 2 N–H and O–H groups in total. The first-order valence-electron chi connectivity index (χ1n) is 6.19. The molecule has 1 aliphatic rings. The highest BCUT2D eigenvalue weighted by molar-refractivity contribution is 5.88. The number of nitrogens with one attached hydrogen (secondary N) is 1. The van der Waals surface area contributed by atoms with Crippen LogP contribution in [0.5, 0.6) is 0 Å². The van der Waals surface area contributed by atoms with Crippen LogP contribution in [-0.2, 0) is 4.74 Å². The van der Waals surface area contributed by atoms with Gasteiger partial charge in [0.2, 0.25) is 0 Å². The van der Waals surface area contributed by atoms with Crippen LogP contribution >= 0.6 is 0 Å². The number of anilines is 1. The van der Waals surface area contributed by atoms with Crippen molar-refractivity contribution in [1.82, 2.24) is 4.98 Å². The Labute approximate surface area is 106 Å². The molecular formula is C13H18N2O3. The van der Waals surface area contributed by atoms with E-state index < -0.39 is 5.97 Å². The minimum absolute atomic E-state index is 0.272. The molecule has 0 spiro atoms. The molecule has 0 aliphatic carbocycles. The van der Waals surface area contributed by atoms with Gasteiger partial charge in [-0.3, -0.25) is 0 Å². The molecule has 2 rings (SSSR count). The summed E-state index contributed by atoms with van der Waals surface area (Å²) in [5, 5.41) is 12.1. The van der Waals surface area contributed by atoms with Gasteiger partial charge in [0.1, 0.15) is 5.82 Å².